The van der Waals surface area contributed by atoms with E-state index >= 15 is 0 Å². The van der Waals surface area contributed by atoms with Crippen LogP contribution >= 0.6 is 0 Å². The van der Waals surface area contributed by atoms with Crippen molar-refractivity contribution in [2.45, 2.75) is 5.92 Å². The van der Waals surface area contributed by atoms with Crippen molar-refractivity contribution in [1.82, 2.24) is 15.5 Å². The smallest absolute Gasteiger partial charge is 0.251 e. The maximum absolute atomic E-state index is 11.8. The predicted octanol–water partition coefficient (Wildman–Crippen LogP) is 0.748. The van der Waals surface area contributed by atoms with Gasteiger partial charge in [0.15, 0.2) is 0 Å². The van der Waals surface area contributed by atoms with Crippen molar-refractivity contribution in [1.29, 1.82) is 0 Å². The van der Waals surface area contributed by atoms with Crippen LogP contribution < -0.4 is 10.6 Å². The molecule has 0 radical (unpaired) electrons. The summed E-state index contributed by atoms with van der Waals surface area (Å²) in [4.78, 5) is 25.5. The molecule has 1 aliphatic rings. The molecule has 1 aromatic carbocycles. The highest BCUT2D eigenvalue weighted by molar-refractivity contribution is 5.97. The minimum absolute atomic E-state index is 0.0425. The average Bonchev–Trinajstić information content (AvgIpc) is 2.46. The second-order valence-corrected chi connectivity index (χ2v) is 5.40. The lowest BCUT2D eigenvalue weighted by atomic mass is 9.90. The van der Waals surface area contributed by atoms with Gasteiger partial charge in [0.2, 0.25) is 5.91 Å². The number of nitrogens with zero attached hydrogens (tertiary/aromatic N) is 1. The molecule has 5 nitrogen and oxygen atoms in total. The molecule has 21 heavy (non-hydrogen) atoms. The topological polar surface area (TPSA) is 61.4 Å². The minimum Gasteiger partial charge on any atom is -0.352 e. The number of fused-ring (bicyclic) bond motifs is 1. The molecule has 1 aliphatic heterocycles. The third-order valence-electron chi connectivity index (χ3n) is 3.42. The van der Waals surface area contributed by atoms with Crippen LogP contribution in [0.1, 0.15) is 21.8 Å². The fourth-order valence-electron chi connectivity index (χ4n) is 2.32. The molecule has 1 aromatic rings. The quantitative estimate of drug-likeness (QED) is 0.786. The van der Waals surface area contributed by atoms with E-state index < -0.39 is 0 Å². The Kier molecular flexibility index (Phi) is 5.11. The van der Waals surface area contributed by atoms with Gasteiger partial charge in [0, 0.05) is 37.2 Å². The maximum atomic E-state index is 11.8. The monoisotopic (exact) mass is 287 g/mol. The zero-order valence-electron chi connectivity index (χ0n) is 12.4. The van der Waals surface area contributed by atoms with Crippen LogP contribution in [0.15, 0.2) is 36.4 Å². The van der Waals surface area contributed by atoms with E-state index in [1.807, 2.05) is 49.3 Å². The summed E-state index contributed by atoms with van der Waals surface area (Å²) in [6.45, 7) is 1.80. The van der Waals surface area contributed by atoms with Gasteiger partial charge in [0.1, 0.15) is 0 Å². The molecule has 0 aromatic heterocycles. The van der Waals surface area contributed by atoms with Gasteiger partial charge in [-0.3, -0.25) is 9.59 Å². The standard InChI is InChI=1S/C16H21N3O2/c1-19(2)9-5-8-15(20)17-10-12-11-18-16(21)14-7-4-3-6-13(12)14/h3-8,12H,9-11H2,1-2H3,(H,17,20)(H,18,21)/b8-5+. The van der Waals surface area contributed by atoms with Gasteiger partial charge in [0.05, 0.1) is 0 Å². The number of likely N-dealkylation sites (N-methyl/N-ethyl adjacent to an activating group) is 1. The number of hydrogen-bond acceptors (Lipinski definition) is 3. The molecule has 1 atom stereocenters. The van der Waals surface area contributed by atoms with Gasteiger partial charge in [0.25, 0.3) is 5.91 Å². The van der Waals surface area contributed by atoms with Crippen molar-refractivity contribution in [3.05, 3.63) is 47.5 Å². The van der Waals surface area contributed by atoms with Crippen LogP contribution in [0, 0.1) is 0 Å². The molecule has 2 rings (SSSR count). The zero-order chi connectivity index (χ0) is 15.2. The highest BCUT2D eigenvalue weighted by Crippen LogP contribution is 2.22. The first kappa shape index (κ1) is 15.3. The van der Waals surface area contributed by atoms with Crippen molar-refractivity contribution >= 4 is 11.8 Å². The molecule has 0 saturated carbocycles. The average molecular weight is 287 g/mol. The third-order valence-corrected chi connectivity index (χ3v) is 3.42. The van der Waals surface area contributed by atoms with Crippen LogP contribution in [0.4, 0.5) is 0 Å². The number of nitrogens with one attached hydrogen (secondary N) is 2. The molecular formula is C16H21N3O2. The molecule has 2 N–H and O–H groups in total. The number of carbonyl (C=O) groups is 2. The van der Waals surface area contributed by atoms with Crippen molar-refractivity contribution in [3.8, 4) is 0 Å². The molecule has 0 aliphatic carbocycles. The SMILES string of the molecule is CN(C)C/C=C/C(=O)NCC1CNC(=O)c2ccccc21. The minimum atomic E-state index is -0.105. The molecule has 5 heteroatoms. The van der Waals surface area contributed by atoms with Crippen molar-refractivity contribution in [2.75, 3.05) is 33.7 Å². The second-order valence-electron chi connectivity index (χ2n) is 5.40. The van der Waals surface area contributed by atoms with Crippen molar-refractivity contribution < 1.29 is 9.59 Å². The fourth-order valence-corrected chi connectivity index (χ4v) is 2.32. The van der Waals surface area contributed by atoms with Crippen LogP contribution in [0.5, 0.6) is 0 Å². The van der Waals surface area contributed by atoms with E-state index in [4.69, 9.17) is 0 Å². The first-order valence-corrected chi connectivity index (χ1v) is 7.04. The number of benzene rings is 1. The van der Waals surface area contributed by atoms with E-state index in [-0.39, 0.29) is 17.7 Å². The molecule has 0 bridgehead atoms. The summed E-state index contributed by atoms with van der Waals surface area (Å²) in [6, 6.07) is 7.54. The summed E-state index contributed by atoms with van der Waals surface area (Å²) in [5.74, 6) is -0.0321. The Bertz CT molecular complexity index is 552. The number of hydrogen-bond donors (Lipinski definition) is 2. The van der Waals surface area contributed by atoms with Gasteiger partial charge in [-0.1, -0.05) is 24.3 Å². The Balaban J connectivity index is 1.93. The van der Waals surface area contributed by atoms with Gasteiger partial charge in [-0.2, -0.15) is 0 Å². The Hall–Kier alpha value is -2.14. The molecule has 2 amide bonds. The normalized spacial score (nSPS) is 17.7. The van der Waals surface area contributed by atoms with Crippen LogP contribution in [0.3, 0.4) is 0 Å². The summed E-state index contributed by atoms with van der Waals surface area (Å²) in [5.41, 5.74) is 1.70. The highest BCUT2D eigenvalue weighted by atomic mass is 16.2. The Morgan fingerprint density at radius 2 is 2.19 bits per heavy atom. The van der Waals surface area contributed by atoms with E-state index in [9.17, 15) is 9.59 Å². The summed E-state index contributed by atoms with van der Waals surface area (Å²) >= 11 is 0. The molecule has 0 spiro atoms. The van der Waals surface area contributed by atoms with Gasteiger partial charge < -0.3 is 15.5 Å². The van der Waals surface area contributed by atoms with Gasteiger partial charge in [-0.05, 0) is 25.7 Å². The summed E-state index contributed by atoms with van der Waals surface area (Å²) in [5, 5.41) is 5.74. The zero-order valence-corrected chi connectivity index (χ0v) is 12.4. The van der Waals surface area contributed by atoms with E-state index in [1.54, 1.807) is 6.08 Å². The van der Waals surface area contributed by atoms with E-state index in [0.717, 1.165) is 12.1 Å². The lowest BCUT2D eigenvalue weighted by Crippen LogP contribution is -2.40. The summed E-state index contributed by atoms with van der Waals surface area (Å²) in [6.07, 6.45) is 3.37. The molecule has 112 valence electrons. The molecule has 1 unspecified atom stereocenters. The van der Waals surface area contributed by atoms with Gasteiger partial charge in [-0.25, -0.2) is 0 Å². The highest BCUT2D eigenvalue weighted by Gasteiger charge is 2.24. The fraction of sp³-hybridized carbons (Fsp3) is 0.375. The first-order valence-electron chi connectivity index (χ1n) is 7.04. The Morgan fingerprint density at radius 1 is 1.43 bits per heavy atom. The third kappa shape index (κ3) is 4.16. The van der Waals surface area contributed by atoms with Crippen LogP contribution in [-0.2, 0) is 4.79 Å². The molecule has 1 heterocycles. The number of rotatable bonds is 5. The predicted molar refractivity (Wildman–Crippen MR) is 82.2 cm³/mol. The number of amides is 2. The lowest BCUT2D eigenvalue weighted by Gasteiger charge is -2.25. The summed E-state index contributed by atoms with van der Waals surface area (Å²) < 4.78 is 0. The van der Waals surface area contributed by atoms with Crippen molar-refractivity contribution in [2.24, 2.45) is 0 Å². The Labute approximate surface area is 125 Å². The van der Waals surface area contributed by atoms with Gasteiger partial charge in [-0.15, -0.1) is 0 Å². The molecule has 0 saturated heterocycles. The van der Waals surface area contributed by atoms with Crippen LogP contribution in [0.25, 0.3) is 0 Å². The van der Waals surface area contributed by atoms with E-state index in [1.165, 1.54) is 0 Å². The van der Waals surface area contributed by atoms with E-state index in [0.29, 0.717) is 18.7 Å². The molecule has 0 fully saturated rings. The van der Waals surface area contributed by atoms with E-state index in [2.05, 4.69) is 10.6 Å². The van der Waals surface area contributed by atoms with Gasteiger partial charge >= 0.3 is 0 Å². The molecular weight excluding hydrogens is 266 g/mol. The van der Waals surface area contributed by atoms with Crippen LogP contribution in [-0.4, -0.2) is 50.4 Å². The Morgan fingerprint density at radius 3 is 2.95 bits per heavy atom. The van der Waals surface area contributed by atoms with Crippen molar-refractivity contribution in [3.63, 3.8) is 0 Å². The summed E-state index contributed by atoms with van der Waals surface area (Å²) in [7, 11) is 3.90. The second kappa shape index (κ2) is 7.04. The maximum Gasteiger partial charge on any atom is 0.251 e. The largest absolute Gasteiger partial charge is 0.352 e. The lowest BCUT2D eigenvalue weighted by molar-refractivity contribution is -0.116. The first-order chi connectivity index (χ1) is 10.1. The van der Waals surface area contributed by atoms with Crippen LogP contribution in [0.2, 0.25) is 0 Å². The number of carbonyl (C=O) groups excluding carboxylic acids is 2.